The molecule has 0 N–H and O–H groups in total. The highest BCUT2D eigenvalue weighted by Crippen LogP contribution is 2.72. The first kappa shape index (κ1) is 29.5. The van der Waals surface area contributed by atoms with Crippen LogP contribution < -0.4 is 0 Å². The van der Waals surface area contributed by atoms with Crippen LogP contribution in [0.4, 0.5) is 0 Å². The first-order valence-electron chi connectivity index (χ1n) is 10.8. The monoisotopic (exact) mass is 503 g/mol. The standard InChI is InChI=1S/C21H35N3O7P2/c1-14(2)28-32(26,29-15(3)4)20(33(27,30-16(5)6)31-17(7)8)13-18-9-11-19(12-10-18)21(25)23-24-22/h9-12,14-17,20H,13H2,1-8H3. The number of hydrogen-bond donors (Lipinski definition) is 0. The van der Waals surface area contributed by atoms with Gasteiger partial charge in [0.25, 0.3) is 0 Å². The van der Waals surface area contributed by atoms with E-state index in [2.05, 4.69) is 10.0 Å². The summed E-state index contributed by atoms with van der Waals surface area (Å²) in [5.41, 5.74) is 9.24. The summed E-state index contributed by atoms with van der Waals surface area (Å²) in [6.45, 7) is 13.7. The minimum Gasteiger partial charge on any atom is -0.305 e. The first-order chi connectivity index (χ1) is 15.2. The molecule has 1 aromatic rings. The van der Waals surface area contributed by atoms with E-state index in [0.717, 1.165) is 0 Å². The SMILES string of the molecule is CC(C)OP(=O)(OC(C)C)C(Cc1ccc(C(=O)N=[N+]=[N-])cc1)P(=O)(OC(C)C)OC(C)C. The van der Waals surface area contributed by atoms with Crippen LogP contribution in [0.2, 0.25) is 0 Å². The van der Waals surface area contributed by atoms with E-state index in [-0.39, 0.29) is 12.0 Å². The lowest BCUT2D eigenvalue weighted by Crippen LogP contribution is -2.25. The maximum atomic E-state index is 14.1. The molecule has 10 nitrogen and oxygen atoms in total. The number of amides is 1. The van der Waals surface area contributed by atoms with Gasteiger partial charge in [-0.05, 0) is 78.0 Å². The lowest BCUT2D eigenvalue weighted by Gasteiger charge is -2.35. The Balaban J connectivity index is 3.59. The van der Waals surface area contributed by atoms with E-state index in [0.29, 0.717) is 5.56 Å². The van der Waals surface area contributed by atoms with Crippen LogP contribution in [0.15, 0.2) is 29.4 Å². The summed E-state index contributed by atoms with van der Waals surface area (Å²) in [5.74, 6) is -0.727. The fourth-order valence-electron chi connectivity index (χ4n) is 3.00. The normalized spacial score (nSPS) is 12.8. The second-order valence-corrected chi connectivity index (χ2v) is 13.2. The molecule has 0 fully saturated rings. The van der Waals surface area contributed by atoms with E-state index in [1.54, 1.807) is 67.5 Å². The lowest BCUT2D eigenvalue weighted by molar-refractivity contribution is 0.0999. The Labute approximate surface area is 196 Å². The van der Waals surface area contributed by atoms with Crippen molar-refractivity contribution in [3.05, 3.63) is 45.8 Å². The summed E-state index contributed by atoms with van der Waals surface area (Å²) in [6, 6.07) is 6.13. The van der Waals surface area contributed by atoms with Gasteiger partial charge in [-0.2, -0.15) is 0 Å². The van der Waals surface area contributed by atoms with E-state index in [9.17, 15) is 13.9 Å². The second-order valence-electron chi connectivity index (χ2n) is 8.57. The fourth-order valence-corrected chi connectivity index (χ4v) is 8.92. The maximum Gasteiger partial charge on any atom is 0.346 e. The zero-order valence-corrected chi connectivity index (χ0v) is 22.3. The van der Waals surface area contributed by atoms with Crippen molar-refractivity contribution in [2.24, 2.45) is 5.11 Å². The topological polar surface area (TPSA) is 137 Å². The van der Waals surface area contributed by atoms with E-state index >= 15 is 0 Å². The van der Waals surface area contributed by atoms with Crippen LogP contribution in [0.3, 0.4) is 0 Å². The number of benzene rings is 1. The lowest BCUT2D eigenvalue weighted by atomic mass is 10.1. The van der Waals surface area contributed by atoms with E-state index < -0.39 is 50.9 Å². The zero-order chi connectivity index (χ0) is 25.4. The Bertz CT molecular complexity index is 860. The van der Waals surface area contributed by atoms with Crippen molar-refractivity contribution in [2.45, 2.75) is 91.6 Å². The third-order valence-corrected chi connectivity index (χ3v) is 10.3. The fraction of sp³-hybridized carbons (Fsp3) is 0.667. The van der Waals surface area contributed by atoms with Gasteiger partial charge < -0.3 is 18.1 Å². The molecular weight excluding hydrogens is 468 g/mol. The van der Waals surface area contributed by atoms with Crippen molar-refractivity contribution in [3.8, 4) is 0 Å². The Hall–Kier alpha value is -1.50. The van der Waals surface area contributed by atoms with Crippen molar-refractivity contribution in [2.75, 3.05) is 0 Å². The Kier molecular flexibility index (Phi) is 11.5. The van der Waals surface area contributed by atoms with E-state index in [1.807, 2.05) is 0 Å². The van der Waals surface area contributed by atoms with Crippen LogP contribution in [0, 0.1) is 0 Å². The third-order valence-electron chi connectivity index (χ3n) is 3.92. The summed E-state index contributed by atoms with van der Waals surface area (Å²) in [6.07, 6.45) is -1.94. The van der Waals surface area contributed by atoms with Crippen molar-refractivity contribution in [1.29, 1.82) is 0 Å². The van der Waals surface area contributed by atoms with Gasteiger partial charge in [0.2, 0.25) is 5.91 Å². The van der Waals surface area contributed by atoms with Crippen molar-refractivity contribution in [3.63, 3.8) is 0 Å². The zero-order valence-electron chi connectivity index (χ0n) is 20.5. The maximum absolute atomic E-state index is 14.1. The summed E-state index contributed by atoms with van der Waals surface area (Å²) < 4.78 is 51.4. The predicted octanol–water partition coefficient (Wildman–Crippen LogP) is 7.09. The number of hydrogen-bond acceptors (Lipinski definition) is 7. The van der Waals surface area contributed by atoms with Gasteiger partial charge in [-0.3, -0.25) is 13.9 Å². The molecule has 0 aliphatic carbocycles. The molecule has 0 saturated carbocycles. The highest BCUT2D eigenvalue weighted by atomic mass is 31.2. The number of rotatable bonds is 13. The Morgan fingerprint density at radius 2 is 1.18 bits per heavy atom. The molecule has 0 heterocycles. The van der Waals surface area contributed by atoms with Crippen LogP contribution in [-0.2, 0) is 33.6 Å². The molecule has 0 aliphatic rings. The number of carbonyl (C=O) groups excluding carboxylic acids is 1. The van der Waals surface area contributed by atoms with Crippen LogP contribution in [-0.4, -0.2) is 35.7 Å². The quantitative estimate of drug-likeness (QED) is 0.121. The summed E-state index contributed by atoms with van der Waals surface area (Å²) in [7, 11) is -8.06. The molecule has 0 unspecified atom stereocenters. The summed E-state index contributed by atoms with van der Waals surface area (Å²) in [5, 5.41) is 1.82. The second kappa shape index (κ2) is 12.8. The molecule has 0 aliphatic heterocycles. The van der Waals surface area contributed by atoms with E-state index in [1.165, 1.54) is 12.1 Å². The molecule has 0 spiro atoms. The minimum absolute atomic E-state index is 0.0244. The molecule has 33 heavy (non-hydrogen) atoms. The molecule has 0 saturated heterocycles. The van der Waals surface area contributed by atoms with Gasteiger partial charge >= 0.3 is 15.2 Å². The molecule has 1 rings (SSSR count). The van der Waals surface area contributed by atoms with Crippen molar-refractivity contribution in [1.82, 2.24) is 0 Å². The molecule has 1 aromatic carbocycles. The minimum atomic E-state index is -4.03. The average Bonchev–Trinajstić information content (AvgIpc) is 2.63. The molecule has 0 aromatic heterocycles. The summed E-state index contributed by atoms with van der Waals surface area (Å²) >= 11 is 0. The van der Waals surface area contributed by atoms with E-state index in [4.69, 9.17) is 23.6 Å². The van der Waals surface area contributed by atoms with Crippen LogP contribution in [0.1, 0.15) is 71.3 Å². The molecule has 0 atom stereocenters. The summed E-state index contributed by atoms with van der Waals surface area (Å²) in [4.78, 5) is 14.3. The molecule has 12 heteroatoms. The largest absolute Gasteiger partial charge is 0.346 e. The van der Waals surface area contributed by atoms with Gasteiger partial charge in [-0.1, -0.05) is 24.3 Å². The van der Waals surface area contributed by atoms with Gasteiger partial charge in [0.05, 0.1) is 24.4 Å². The van der Waals surface area contributed by atoms with Gasteiger partial charge in [0.1, 0.15) is 0 Å². The van der Waals surface area contributed by atoms with Crippen molar-refractivity contribution < 1.29 is 32.0 Å². The predicted molar refractivity (Wildman–Crippen MR) is 128 cm³/mol. The smallest absolute Gasteiger partial charge is 0.305 e. The molecule has 186 valence electrons. The highest BCUT2D eigenvalue weighted by molar-refractivity contribution is 7.72. The van der Waals surface area contributed by atoms with Crippen molar-refractivity contribution >= 4 is 21.1 Å². The van der Waals surface area contributed by atoms with Crippen LogP contribution in [0.25, 0.3) is 10.4 Å². The molecular formula is C21H35N3O7P2. The Morgan fingerprint density at radius 3 is 1.48 bits per heavy atom. The first-order valence-corrected chi connectivity index (χ1v) is 14.1. The van der Waals surface area contributed by atoms with Crippen LogP contribution >= 0.6 is 15.2 Å². The van der Waals surface area contributed by atoms with Gasteiger partial charge in [-0.15, -0.1) is 0 Å². The molecule has 1 amide bonds. The third kappa shape index (κ3) is 9.34. The Morgan fingerprint density at radius 1 is 0.818 bits per heavy atom. The highest BCUT2D eigenvalue weighted by Gasteiger charge is 2.52. The molecule has 0 radical (unpaired) electrons. The van der Waals surface area contributed by atoms with Gasteiger partial charge in [-0.25, -0.2) is 0 Å². The number of carbonyl (C=O) groups is 1. The van der Waals surface area contributed by atoms with Gasteiger partial charge in [0, 0.05) is 10.5 Å². The van der Waals surface area contributed by atoms with Gasteiger partial charge in [0.15, 0.2) is 5.40 Å². The number of azide groups is 1. The number of nitrogens with zero attached hydrogens (tertiary/aromatic N) is 3. The molecule has 0 bridgehead atoms. The van der Waals surface area contributed by atoms with Crippen LogP contribution in [0.5, 0.6) is 0 Å². The average molecular weight is 503 g/mol.